The van der Waals surface area contributed by atoms with Crippen LogP contribution in [0.25, 0.3) is 0 Å². The Bertz CT molecular complexity index is 425. The zero-order chi connectivity index (χ0) is 15.8. The van der Waals surface area contributed by atoms with Crippen LogP contribution in [0.5, 0.6) is 0 Å². The van der Waals surface area contributed by atoms with Crippen molar-refractivity contribution in [3.8, 4) is 0 Å². The summed E-state index contributed by atoms with van der Waals surface area (Å²) in [4.78, 5) is 0. The quantitative estimate of drug-likeness (QED) is 0.611. The van der Waals surface area contributed by atoms with Gasteiger partial charge in [0.2, 0.25) is 0 Å². The van der Waals surface area contributed by atoms with Gasteiger partial charge in [0.05, 0.1) is 6.10 Å². The molecule has 0 bridgehead atoms. The Morgan fingerprint density at radius 3 is 2.43 bits per heavy atom. The summed E-state index contributed by atoms with van der Waals surface area (Å²) in [5.41, 5.74) is 5.07. The van der Waals surface area contributed by atoms with E-state index in [1.807, 2.05) is 0 Å². The molecule has 0 heterocycles. The van der Waals surface area contributed by atoms with Crippen LogP contribution in [0.1, 0.15) is 65.7 Å². The first-order valence-corrected chi connectivity index (χ1v) is 8.22. The van der Waals surface area contributed by atoms with Crippen LogP contribution in [0, 0.1) is 5.92 Å². The minimum absolute atomic E-state index is 0.362. The van der Waals surface area contributed by atoms with E-state index in [1.54, 1.807) is 0 Å². The lowest BCUT2D eigenvalue weighted by Gasteiger charge is -2.19. The molecular weight excluding hydrogens is 256 g/mol. The van der Waals surface area contributed by atoms with Gasteiger partial charge in [-0.05, 0) is 77.2 Å². The van der Waals surface area contributed by atoms with E-state index in [-0.39, 0.29) is 6.10 Å². The lowest BCUT2D eigenvalue weighted by molar-refractivity contribution is 0.195. The van der Waals surface area contributed by atoms with Crippen molar-refractivity contribution in [2.75, 3.05) is 0 Å². The fraction of sp³-hybridized carbons (Fsp3) is 0.600. The van der Waals surface area contributed by atoms with Crippen LogP contribution in [0.4, 0.5) is 0 Å². The van der Waals surface area contributed by atoms with Crippen molar-refractivity contribution >= 4 is 0 Å². The molecule has 1 aliphatic carbocycles. The summed E-state index contributed by atoms with van der Waals surface area (Å²) in [5, 5.41) is 10.2. The first-order chi connectivity index (χ1) is 9.90. The Morgan fingerprint density at radius 2 is 1.76 bits per heavy atom. The van der Waals surface area contributed by atoms with E-state index >= 15 is 0 Å². The van der Waals surface area contributed by atoms with Crippen molar-refractivity contribution < 1.29 is 5.11 Å². The van der Waals surface area contributed by atoms with Crippen molar-refractivity contribution in [2.24, 2.45) is 5.92 Å². The lowest BCUT2D eigenvalue weighted by Crippen LogP contribution is -2.11. The highest BCUT2D eigenvalue weighted by atomic mass is 16.3. The summed E-state index contributed by atoms with van der Waals surface area (Å²) in [6.07, 6.45) is 11.3. The molecule has 1 rings (SSSR count). The van der Waals surface area contributed by atoms with E-state index < -0.39 is 0 Å². The second-order valence-corrected chi connectivity index (χ2v) is 6.67. The van der Waals surface area contributed by atoms with Crippen LogP contribution in [0.3, 0.4) is 0 Å². The zero-order valence-corrected chi connectivity index (χ0v) is 14.1. The molecule has 0 aromatic carbocycles. The van der Waals surface area contributed by atoms with Gasteiger partial charge in [0.25, 0.3) is 0 Å². The van der Waals surface area contributed by atoms with Crippen LogP contribution in [0.15, 0.2) is 47.6 Å². The lowest BCUT2D eigenvalue weighted by atomic mass is 9.88. The Kier molecular flexibility index (Phi) is 7.74. The summed E-state index contributed by atoms with van der Waals surface area (Å²) < 4.78 is 0. The van der Waals surface area contributed by atoms with Gasteiger partial charge in [-0.3, -0.25) is 0 Å². The number of hydrogen-bond acceptors (Lipinski definition) is 1. The topological polar surface area (TPSA) is 20.2 Å². The molecule has 0 amide bonds. The third-order valence-corrected chi connectivity index (χ3v) is 4.58. The van der Waals surface area contributed by atoms with Crippen molar-refractivity contribution in [3.63, 3.8) is 0 Å². The van der Waals surface area contributed by atoms with Crippen LogP contribution in [-0.4, -0.2) is 11.2 Å². The summed E-state index contributed by atoms with van der Waals surface area (Å²) >= 11 is 0. The molecule has 0 fully saturated rings. The molecule has 21 heavy (non-hydrogen) atoms. The van der Waals surface area contributed by atoms with Crippen LogP contribution < -0.4 is 0 Å². The highest BCUT2D eigenvalue weighted by molar-refractivity contribution is 5.10. The number of allylic oxidation sites excluding steroid dienone is 5. The van der Waals surface area contributed by atoms with Gasteiger partial charge in [-0.2, -0.15) is 0 Å². The molecule has 1 N–H and O–H groups in total. The van der Waals surface area contributed by atoms with Crippen LogP contribution in [0.2, 0.25) is 0 Å². The molecule has 118 valence electrons. The first-order valence-electron chi connectivity index (χ1n) is 8.22. The monoisotopic (exact) mass is 288 g/mol. The molecule has 2 unspecified atom stereocenters. The maximum atomic E-state index is 10.2. The number of hydrogen-bond donors (Lipinski definition) is 1. The van der Waals surface area contributed by atoms with E-state index in [4.69, 9.17) is 0 Å². The van der Waals surface area contributed by atoms with Gasteiger partial charge in [-0.15, -0.1) is 0 Å². The van der Waals surface area contributed by atoms with Crippen molar-refractivity contribution in [1.82, 2.24) is 0 Å². The highest BCUT2D eigenvalue weighted by Gasteiger charge is 2.14. The van der Waals surface area contributed by atoms with Gasteiger partial charge in [-0.25, -0.2) is 0 Å². The van der Waals surface area contributed by atoms with Gasteiger partial charge in [-0.1, -0.05) is 42.0 Å². The standard InChI is InChI=1S/C20H32O/c1-15(2)19-12-9-16(3)7-6-8-17(4)10-14-20(21)18(5)11-13-19/h8-9,19-21H,1,5-7,10-14H2,2-4H3/b16-9+,17-8+. The maximum Gasteiger partial charge on any atom is 0.0750 e. The smallest absolute Gasteiger partial charge is 0.0750 e. The van der Waals surface area contributed by atoms with Crippen LogP contribution >= 0.6 is 0 Å². The zero-order valence-electron chi connectivity index (χ0n) is 14.1. The molecular formula is C20H32O. The average molecular weight is 288 g/mol. The number of rotatable bonds is 1. The van der Waals surface area contributed by atoms with E-state index in [9.17, 15) is 5.11 Å². The molecule has 2 atom stereocenters. The summed E-state index contributed by atoms with van der Waals surface area (Å²) in [6.45, 7) is 14.7. The third-order valence-electron chi connectivity index (χ3n) is 4.58. The Hall–Kier alpha value is -1.08. The molecule has 0 saturated carbocycles. The predicted molar refractivity (Wildman–Crippen MR) is 93.3 cm³/mol. The minimum atomic E-state index is -0.362. The summed E-state index contributed by atoms with van der Waals surface area (Å²) in [7, 11) is 0. The molecule has 1 nitrogen and oxygen atoms in total. The second kappa shape index (κ2) is 9.04. The van der Waals surface area contributed by atoms with Gasteiger partial charge in [0.15, 0.2) is 0 Å². The van der Waals surface area contributed by atoms with E-state index in [0.717, 1.165) is 50.5 Å². The molecule has 1 heteroatoms. The summed E-state index contributed by atoms with van der Waals surface area (Å²) in [5.74, 6) is 0.504. The van der Waals surface area contributed by atoms with Gasteiger partial charge in [0, 0.05) is 0 Å². The molecule has 0 aliphatic heterocycles. The molecule has 0 radical (unpaired) electrons. The molecule has 0 aromatic rings. The van der Waals surface area contributed by atoms with E-state index in [0.29, 0.717) is 5.92 Å². The largest absolute Gasteiger partial charge is 0.389 e. The fourth-order valence-electron chi connectivity index (χ4n) is 2.75. The maximum absolute atomic E-state index is 10.2. The number of aliphatic hydroxyl groups excluding tert-OH is 1. The van der Waals surface area contributed by atoms with Crippen molar-refractivity contribution in [2.45, 2.75) is 71.8 Å². The second-order valence-electron chi connectivity index (χ2n) is 6.67. The van der Waals surface area contributed by atoms with Gasteiger partial charge < -0.3 is 5.11 Å². The van der Waals surface area contributed by atoms with E-state index in [2.05, 4.69) is 46.1 Å². The van der Waals surface area contributed by atoms with E-state index in [1.165, 1.54) is 16.7 Å². The SMILES string of the molecule is C=C1CCC(C(=C)C)C/C=C(\C)CC/C=C(\C)CCC1O. The van der Waals surface area contributed by atoms with Gasteiger partial charge >= 0.3 is 0 Å². The minimum Gasteiger partial charge on any atom is -0.389 e. The average Bonchev–Trinajstić information content (AvgIpc) is 2.43. The summed E-state index contributed by atoms with van der Waals surface area (Å²) in [6, 6.07) is 0. The van der Waals surface area contributed by atoms with Crippen LogP contribution in [-0.2, 0) is 0 Å². The van der Waals surface area contributed by atoms with Crippen molar-refractivity contribution in [1.29, 1.82) is 0 Å². The number of aliphatic hydroxyl groups is 1. The van der Waals surface area contributed by atoms with Gasteiger partial charge in [0.1, 0.15) is 0 Å². The predicted octanol–water partition coefficient (Wildman–Crippen LogP) is 5.73. The fourth-order valence-corrected chi connectivity index (χ4v) is 2.75. The molecule has 0 aromatic heterocycles. The normalized spacial score (nSPS) is 31.5. The third kappa shape index (κ3) is 6.95. The Morgan fingerprint density at radius 1 is 1.10 bits per heavy atom. The molecule has 1 aliphatic rings. The Balaban J connectivity index is 2.80. The first kappa shape index (κ1) is 18.0. The van der Waals surface area contributed by atoms with Crippen molar-refractivity contribution in [3.05, 3.63) is 47.6 Å². The highest BCUT2D eigenvalue weighted by Crippen LogP contribution is 2.26. The Labute approximate surface area is 131 Å². The molecule has 0 spiro atoms. The molecule has 0 saturated heterocycles.